The van der Waals surface area contributed by atoms with E-state index in [0.29, 0.717) is 17.2 Å². The van der Waals surface area contributed by atoms with E-state index in [-0.39, 0.29) is 5.91 Å². The Labute approximate surface area is 173 Å². The van der Waals surface area contributed by atoms with E-state index in [1.54, 1.807) is 13.1 Å². The molecule has 0 spiro atoms. The summed E-state index contributed by atoms with van der Waals surface area (Å²) in [6, 6.07) is 5.51. The minimum absolute atomic E-state index is 0.188. The quantitative estimate of drug-likeness (QED) is 0.678. The van der Waals surface area contributed by atoms with Crippen LogP contribution < -0.4 is 15.5 Å². The zero-order chi connectivity index (χ0) is 21.0. The standard InChI is InChI=1S/C19H24N6O3S/c1-12-16(5-4-15(21-12)19(28)20-3)25-8-6-24(7-9-25)11-14-10-17(29-23-14)22-18(27)13(2)26/h4-5,10H,6-9,11H2,1-3H3,(H,20,28)(H,22,27). The van der Waals surface area contributed by atoms with Gasteiger partial charge in [-0.05, 0) is 36.7 Å². The molecule has 0 radical (unpaired) electrons. The number of pyridine rings is 1. The summed E-state index contributed by atoms with van der Waals surface area (Å²) in [5, 5.41) is 5.72. The van der Waals surface area contributed by atoms with Crippen molar-refractivity contribution in [3.8, 4) is 0 Å². The van der Waals surface area contributed by atoms with Gasteiger partial charge in [0.1, 0.15) is 10.7 Å². The summed E-state index contributed by atoms with van der Waals surface area (Å²) in [6.07, 6.45) is 0. The van der Waals surface area contributed by atoms with E-state index >= 15 is 0 Å². The second kappa shape index (κ2) is 9.10. The molecular formula is C19H24N6O3S. The lowest BCUT2D eigenvalue weighted by Crippen LogP contribution is -2.46. The molecule has 2 aromatic heterocycles. The third-order valence-electron chi connectivity index (χ3n) is 4.73. The number of carbonyl (C=O) groups excluding carboxylic acids is 3. The number of nitrogens with zero attached hydrogens (tertiary/aromatic N) is 4. The van der Waals surface area contributed by atoms with Crippen LogP contribution in [0.3, 0.4) is 0 Å². The van der Waals surface area contributed by atoms with Gasteiger partial charge in [-0.25, -0.2) is 4.98 Å². The number of aryl methyl sites for hydroxylation is 1. The number of anilines is 2. The summed E-state index contributed by atoms with van der Waals surface area (Å²) in [5.41, 5.74) is 3.17. The summed E-state index contributed by atoms with van der Waals surface area (Å²) in [6.45, 7) is 7.26. The highest BCUT2D eigenvalue weighted by Crippen LogP contribution is 2.22. The first kappa shape index (κ1) is 20.9. The molecule has 10 heteroatoms. The van der Waals surface area contributed by atoms with Crippen molar-refractivity contribution in [3.05, 3.63) is 35.3 Å². The fourth-order valence-electron chi connectivity index (χ4n) is 3.16. The predicted octanol–water partition coefficient (Wildman–Crippen LogP) is 1.06. The molecule has 9 nitrogen and oxygen atoms in total. The highest BCUT2D eigenvalue weighted by molar-refractivity contribution is 7.10. The lowest BCUT2D eigenvalue weighted by molar-refractivity contribution is -0.133. The Morgan fingerprint density at radius 3 is 2.52 bits per heavy atom. The van der Waals surface area contributed by atoms with Gasteiger partial charge in [-0.3, -0.25) is 19.3 Å². The van der Waals surface area contributed by atoms with Gasteiger partial charge in [0.15, 0.2) is 0 Å². The summed E-state index contributed by atoms with van der Waals surface area (Å²) < 4.78 is 4.36. The summed E-state index contributed by atoms with van der Waals surface area (Å²) in [5.74, 6) is -1.34. The molecule has 0 unspecified atom stereocenters. The number of carbonyl (C=O) groups is 3. The van der Waals surface area contributed by atoms with E-state index in [1.807, 2.05) is 19.1 Å². The topological polar surface area (TPSA) is 108 Å². The molecule has 1 saturated heterocycles. The molecule has 1 aliphatic rings. The van der Waals surface area contributed by atoms with Gasteiger partial charge in [0.25, 0.3) is 11.8 Å². The van der Waals surface area contributed by atoms with Crippen LogP contribution in [0.15, 0.2) is 18.2 Å². The largest absolute Gasteiger partial charge is 0.368 e. The molecule has 3 rings (SSSR count). The maximum absolute atomic E-state index is 11.7. The number of rotatable bonds is 6. The number of hydrogen-bond acceptors (Lipinski definition) is 8. The molecule has 154 valence electrons. The number of amides is 2. The van der Waals surface area contributed by atoms with Crippen molar-refractivity contribution in [2.45, 2.75) is 20.4 Å². The van der Waals surface area contributed by atoms with E-state index < -0.39 is 11.7 Å². The van der Waals surface area contributed by atoms with E-state index in [2.05, 4.69) is 29.8 Å². The van der Waals surface area contributed by atoms with Crippen LogP contribution in [-0.4, -0.2) is 65.1 Å². The Bertz CT molecular complexity index is 920. The van der Waals surface area contributed by atoms with Gasteiger partial charge >= 0.3 is 0 Å². The molecule has 1 aliphatic heterocycles. The summed E-state index contributed by atoms with van der Waals surface area (Å²) in [4.78, 5) is 43.2. The number of hydrogen-bond donors (Lipinski definition) is 2. The highest BCUT2D eigenvalue weighted by Gasteiger charge is 2.21. The third kappa shape index (κ3) is 5.15. The Kier molecular flexibility index (Phi) is 6.55. The number of nitrogens with one attached hydrogen (secondary N) is 2. The Balaban J connectivity index is 1.55. The van der Waals surface area contributed by atoms with Gasteiger partial charge in [0.2, 0.25) is 5.78 Å². The Morgan fingerprint density at radius 2 is 1.90 bits per heavy atom. The summed E-state index contributed by atoms with van der Waals surface area (Å²) >= 11 is 1.18. The molecule has 2 aromatic rings. The molecule has 1 fully saturated rings. The first-order valence-corrected chi connectivity index (χ1v) is 10.1. The van der Waals surface area contributed by atoms with E-state index in [0.717, 1.165) is 43.3 Å². The van der Waals surface area contributed by atoms with Crippen LogP contribution >= 0.6 is 11.5 Å². The second-order valence-corrected chi connectivity index (χ2v) is 7.64. The molecule has 3 heterocycles. The Morgan fingerprint density at radius 1 is 1.17 bits per heavy atom. The van der Waals surface area contributed by atoms with E-state index in [4.69, 9.17) is 0 Å². The van der Waals surface area contributed by atoms with Crippen molar-refractivity contribution in [2.75, 3.05) is 43.4 Å². The second-order valence-electron chi connectivity index (χ2n) is 6.84. The van der Waals surface area contributed by atoms with Crippen molar-refractivity contribution in [3.63, 3.8) is 0 Å². The van der Waals surface area contributed by atoms with Crippen molar-refractivity contribution in [2.24, 2.45) is 0 Å². The first-order valence-electron chi connectivity index (χ1n) is 9.32. The molecular weight excluding hydrogens is 392 g/mol. The minimum Gasteiger partial charge on any atom is -0.368 e. The molecule has 0 aromatic carbocycles. The van der Waals surface area contributed by atoms with E-state index in [9.17, 15) is 14.4 Å². The van der Waals surface area contributed by atoms with Gasteiger partial charge in [-0.2, -0.15) is 4.37 Å². The van der Waals surface area contributed by atoms with Crippen LogP contribution in [-0.2, 0) is 16.1 Å². The van der Waals surface area contributed by atoms with Crippen LogP contribution in [0, 0.1) is 6.92 Å². The normalized spacial score (nSPS) is 14.5. The zero-order valence-corrected chi connectivity index (χ0v) is 17.5. The zero-order valence-electron chi connectivity index (χ0n) is 16.7. The van der Waals surface area contributed by atoms with Crippen LogP contribution in [0.5, 0.6) is 0 Å². The Hall–Kier alpha value is -2.85. The minimum atomic E-state index is -0.625. The third-order valence-corrected chi connectivity index (χ3v) is 5.47. The van der Waals surface area contributed by atoms with Crippen LogP contribution in [0.2, 0.25) is 0 Å². The average molecular weight is 417 g/mol. The van der Waals surface area contributed by atoms with Gasteiger partial charge in [0.05, 0.1) is 17.1 Å². The van der Waals surface area contributed by atoms with Gasteiger partial charge in [-0.1, -0.05) is 0 Å². The lowest BCUT2D eigenvalue weighted by Gasteiger charge is -2.36. The smallest absolute Gasteiger partial charge is 0.292 e. The predicted molar refractivity (Wildman–Crippen MR) is 111 cm³/mol. The van der Waals surface area contributed by atoms with Crippen LogP contribution in [0.25, 0.3) is 0 Å². The molecule has 0 atom stereocenters. The number of Topliss-reactive ketones (excluding diaryl/α,β-unsaturated/α-hetero) is 1. The molecule has 2 amide bonds. The fraction of sp³-hybridized carbons (Fsp3) is 0.421. The van der Waals surface area contributed by atoms with Crippen molar-refractivity contribution < 1.29 is 14.4 Å². The summed E-state index contributed by atoms with van der Waals surface area (Å²) in [7, 11) is 1.59. The maximum Gasteiger partial charge on any atom is 0.292 e. The van der Waals surface area contributed by atoms with Crippen molar-refractivity contribution in [1.29, 1.82) is 0 Å². The molecule has 0 aliphatic carbocycles. The van der Waals surface area contributed by atoms with Crippen molar-refractivity contribution >= 4 is 39.8 Å². The lowest BCUT2D eigenvalue weighted by atomic mass is 10.2. The number of piperazine rings is 1. The van der Waals surface area contributed by atoms with Gasteiger partial charge < -0.3 is 15.5 Å². The highest BCUT2D eigenvalue weighted by atomic mass is 32.1. The van der Waals surface area contributed by atoms with Gasteiger partial charge in [-0.15, -0.1) is 0 Å². The first-order chi connectivity index (χ1) is 13.9. The van der Waals surface area contributed by atoms with E-state index in [1.165, 1.54) is 18.5 Å². The monoisotopic (exact) mass is 416 g/mol. The molecule has 2 N–H and O–H groups in total. The number of aromatic nitrogens is 2. The maximum atomic E-state index is 11.7. The molecule has 0 bridgehead atoms. The van der Waals surface area contributed by atoms with Gasteiger partial charge in [0, 0.05) is 46.7 Å². The fourth-order valence-corrected chi connectivity index (χ4v) is 3.82. The molecule has 0 saturated carbocycles. The number of ketones is 1. The average Bonchev–Trinajstić information content (AvgIpc) is 3.14. The van der Waals surface area contributed by atoms with Crippen LogP contribution in [0.1, 0.15) is 28.8 Å². The SMILES string of the molecule is CNC(=O)c1ccc(N2CCN(Cc3cc(NC(=O)C(C)=O)sn3)CC2)c(C)n1. The van der Waals surface area contributed by atoms with Crippen LogP contribution in [0.4, 0.5) is 10.7 Å². The molecule has 29 heavy (non-hydrogen) atoms. The van der Waals surface area contributed by atoms with Crippen molar-refractivity contribution in [1.82, 2.24) is 19.6 Å².